The summed E-state index contributed by atoms with van der Waals surface area (Å²) < 4.78 is 46.1. The molecule has 1 aromatic heterocycles. The zero-order valence-electron chi connectivity index (χ0n) is 18.7. The molecule has 0 radical (unpaired) electrons. The molecule has 5 rings (SSSR count). The quantitative estimate of drug-likeness (QED) is 0.544. The van der Waals surface area contributed by atoms with Crippen LogP contribution in [0.4, 0.5) is 19.0 Å². The molecule has 1 N–H and O–H groups in total. The van der Waals surface area contributed by atoms with Crippen LogP contribution in [0.25, 0.3) is 10.8 Å². The highest BCUT2D eigenvalue weighted by atomic mass is 19.4. The summed E-state index contributed by atoms with van der Waals surface area (Å²) in [5, 5.41) is 13.2. The smallest absolute Gasteiger partial charge is 0.416 e. The highest BCUT2D eigenvalue weighted by Crippen LogP contribution is 2.37. The number of hydrogen-bond donors (Lipinski definition) is 1. The maximum absolute atomic E-state index is 13.3. The molecule has 2 aromatic carbocycles. The van der Waals surface area contributed by atoms with Crippen LogP contribution in [0.15, 0.2) is 42.6 Å². The molecule has 0 amide bonds. The molecule has 0 spiro atoms. The first-order valence-electron chi connectivity index (χ1n) is 11.3. The van der Waals surface area contributed by atoms with Crippen LogP contribution in [0.3, 0.4) is 0 Å². The number of halogens is 3. The number of nitrogens with one attached hydrogen (secondary N) is 1. The van der Waals surface area contributed by atoms with Crippen molar-refractivity contribution in [1.82, 2.24) is 15.1 Å². The van der Waals surface area contributed by atoms with E-state index in [0.29, 0.717) is 23.5 Å². The largest absolute Gasteiger partial charge is 0.490 e. The number of piperidine rings is 1. The number of hydrogen-bond acceptors (Lipinski definition) is 5. The van der Waals surface area contributed by atoms with Gasteiger partial charge < -0.3 is 15.0 Å². The predicted molar refractivity (Wildman–Crippen MR) is 121 cm³/mol. The second-order valence-corrected chi connectivity index (χ2v) is 9.14. The predicted octanol–water partition coefficient (Wildman–Crippen LogP) is 5.57. The molecule has 2 atom stereocenters. The Morgan fingerprint density at radius 2 is 1.88 bits per heavy atom. The van der Waals surface area contributed by atoms with Gasteiger partial charge in [0.15, 0.2) is 5.82 Å². The first-order valence-corrected chi connectivity index (χ1v) is 11.3. The van der Waals surface area contributed by atoms with E-state index < -0.39 is 11.7 Å². The monoisotopic (exact) mass is 456 g/mol. The van der Waals surface area contributed by atoms with Crippen molar-refractivity contribution in [3.8, 4) is 5.75 Å². The van der Waals surface area contributed by atoms with Crippen molar-refractivity contribution < 1.29 is 17.9 Å². The van der Waals surface area contributed by atoms with Crippen molar-refractivity contribution in [2.75, 3.05) is 12.4 Å². The molecule has 33 heavy (non-hydrogen) atoms. The van der Waals surface area contributed by atoms with E-state index in [0.717, 1.165) is 35.4 Å². The summed E-state index contributed by atoms with van der Waals surface area (Å²) in [6, 6.07) is 11.3. The van der Waals surface area contributed by atoms with Crippen LogP contribution in [-0.2, 0) is 12.7 Å². The Morgan fingerprint density at radius 3 is 2.61 bits per heavy atom. The van der Waals surface area contributed by atoms with Gasteiger partial charge in [-0.2, -0.15) is 18.3 Å². The lowest BCUT2D eigenvalue weighted by atomic mass is 10.0. The van der Waals surface area contributed by atoms with Gasteiger partial charge in [-0.05, 0) is 75.0 Å². The van der Waals surface area contributed by atoms with Crippen molar-refractivity contribution >= 4 is 16.6 Å². The Kier molecular flexibility index (Phi) is 5.64. The van der Waals surface area contributed by atoms with Crippen molar-refractivity contribution in [3.05, 3.63) is 59.3 Å². The van der Waals surface area contributed by atoms with E-state index in [1.165, 1.54) is 25.8 Å². The third kappa shape index (κ3) is 4.36. The lowest BCUT2D eigenvalue weighted by Crippen LogP contribution is -2.43. The van der Waals surface area contributed by atoms with Crippen LogP contribution in [0.5, 0.6) is 5.75 Å². The summed E-state index contributed by atoms with van der Waals surface area (Å²) in [6.45, 7) is 1.71. The molecule has 2 fully saturated rings. The fourth-order valence-corrected chi connectivity index (χ4v) is 5.27. The maximum atomic E-state index is 13.3. The highest BCUT2D eigenvalue weighted by molar-refractivity contribution is 5.92. The number of benzene rings is 2. The fourth-order valence-electron chi connectivity index (χ4n) is 5.27. The van der Waals surface area contributed by atoms with E-state index in [-0.39, 0.29) is 18.2 Å². The van der Waals surface area contributed by atoms with Crippen molar-refractivity contribution in [3.63, 3.8) is 0 Å². The van der Waals surface area contributed by atoms with Crippen LogP contribution in [0, 0.1) is 6.92 Å². The zero-order chi connectivity index (χ0) is 23.2. The standard InChI is InChI=1S/C25H27F3N4O/c1-15-16(4-3-5-23(15)25(26,27)28)13-29-24-22-12-20(9-6-17(22)14-30-31-24)33-21-10-18-7-8-19(11-21)32(18)2/h3-6,9,12,14,18-19,21H,7-8,10-11,13H2,1-2H3,(H,29,31). The van der Waals surface area contributed by atoms with Gasteiger partial charge in [-0.25, -0.2) is 0 Å². The molecule has 0 saturated carbocycles. The minimum absolute atomic E-state index is 0.190. The molecule has 2 unspecified atom stereocenters. The van der Waals surface area contributed by atoms with Crippen LogP contribution < -0.4 is 10.1 Å². The second-order valence-electron chi connectivity index (χ2n) is 9.14. The number of aromatic nitrogens is 2. The number of nitrogens with zero attached hydrogens (tertiary/aromatic N) is 3. The summed E-state index contributed by atoms with van der Waals surface area (Å²) in [4.78, 5) is 2.48. The zero-order valence-corrected chi connectivity index (χ0v) is 18.7. The van der Waals surface area contributed by atoms with Crippen LogP contribution >= 0.6 is 0 Å². The van der Waals surface area contributed by atoms with Gasteiger partial charge >= 0.3 is 6.18 Å². The first-order chi connectivity index (χ1) is 15.8. The van der Waals surface area contributed by atoms with E-state index in [1.54, 1.807) is 12.3 Å². The Hall–Kier alpha value is -2.87. The first kappa shape index (κ1) is 21.9. The maximum Gasteiger partial charge on any atom is 0.416 e. The van der Waals surface area contributed by atoms with Crippen molar-refractivity contribution in [2.45, 2.75) is 63.5 Å². The number of alkyl halides is 3. The summed E-state index contributed by atoms with van der Waals surface area (Å²) in [6.07, 6.45) is 2.01. The van der Waals surface area contributed by atoms with Crippen LogP contribution in [0.2, 0.25) is 0 Å². The third-order valence-corrected chi connectivity index (χ3v) is 7.19. The third-order valence-electron chi connectivity index (χ3n) is 7.19. The Bertz CT molecular complexity index is 1150. The SMILES string of the molecule is Cc1c(CNc2nncc3ccc(OC4CC5CCC(C4)N5C)cc23)cccc1C(F)(F)F. The summed E-state index contributed by atoms with van der Waals surface area (Å²) >= 11 is 0. The van der Waals surface area contributed by atoms with Crippen molar-refractivity contribution in [2.24, 2.45) is 0 Å². The van der Waals surface area contributed by atoms with Crippen LogP contribution in [0.1, 0.15) is 42.4 Å². The summed E-state index contributed by atoms with van der Waals surface area (Å²) in [7, 11) is 2.21. The average Bonchev–Trinajstić information content (AvgIpc) is 2.98. The van der Waals surface area contributed by atoms with Gasteiger partial charge in [-0.15, -0.1) is 5.10 Å². The van der Waals surface area contributed by atoms with Crippen molar-refractivity contribution in [1.29, 1.82) is 0 Å². The number of anilines is 1. The lowest BCUT2D eigenvalue weighted by Gasteiger charge is -2.36. The minimum atomic E-state index is -4.38. The Morgan fingerprint density at radius 1 is 1.12 bits per heavy atom. The van der Waals surface area contributed by atoms with Gasteiger partial charge in [-0.1, -0.05) is 12.1 Å². The van der Waals surface area contributed by atoms with Gasteiger partial charge in [-0.3, -0.25) is 0 Å². The average molecular weight is 457 g/mol. The molecular weight excluding hydrogens is 429 g/mol. The molecule has 174 valence electrons. The molecule has 2 saturated heterocycles. The molecule has 3 aromatic rings. The second kappa shape index (κ2) is 8.48. The molecule has 3 heterocycles. The fraction of sp³-hybridized carbons (Fsp3) is 0.440. The van der Waals surface area contributed by atoms with Gasteiger partial charge in [0, 0.05) is 29.4 Å². The topological polar surface area (TPSA) is 50.3 Å². The van der Waals surface area contributed by atoms with E-state index >= 15 is 0 Å². The molecule has 8 heteroatoms. The van der Waals surface area contributed by atoms with E-state index in [9.17, 15) is 13.2 Å². The molecule has 2 bridgehead atoms. The normalized spacial score (nSPS) is 23.1. The Labute approximate surface area is 191 Å². The molecule has 2 aliphatic rings. The van der Waals surface area contributed by atoms with Gasteiger partial charge in [0.05, 0.1) is 11.8 Å². The van der Waals surface area contributed by atoms with E-state index in [4.69, 9.17) is 4.74 Å². The van der Waals surface area contributed by atoms with E-state index in [1.807, 2.05) is 18.2 Å². The van der Waals surface area contributed by atoms with Gasteiger partial charge in [0.1, 0.15) is 11.9 Å². The number of ether oxygens (including phenoxy) is 1. The molecule has 0 aliphatic carbocycles. The van der Waals surface area contributed by atoms with E-state index in [2.05, 4.69) is 27.5 Å². The molecule has 5 nitrogen and oxygen atoms in total. The van der Waals surface area contributed by atoms with Gasteiger partial charge in [0.25, 0.3) is 0 Å². The molecular formula is C25H27F3N4O. The van der Waals surface area contributed by atoms with Gasteiger partial charge in [0.2, 0.25) is 0 Å². The summed E-state index contributed by atoms with van der Waals surface area (Å²) in [5.41, 5.74) is 0.165. The number of fused-ring (bicyclic) bond motifs is 3. The minimum Gasteiger partial charge on any atom is -0.490 e. The number of rotatable bonds is 5. The van der Waals surface area contributed by atoms with Crippen LogP contribution in [-0.4, -0.2) is 40.3 Å². The highest BCUT2D eigenvalue weighted by Gasteiger charge is 2.39. The molecule has 2 aliphatic heterocycles. The summed E-state index contributed by atoms with van der Waals surface area (Å²) in [5.74, 6) is 1.31. The lowest BCUT2D eigenvalue weighted by molar-refractivity contribution is -0.138. The Balaban J connectivity index is 1.35.